The molecule has 0 spiro atoms. The maximum atomic E-state index is 5.83. The third kappa shape index (κ3) is 3.75. The molecule has 0 aliphatic heterocycles. The zero-order valence-electron chi connectivity index (χ0n) is 12.0. The van der Waals surface area contributed by atoms with Gasteiger partial charge in [0.25, 0.3) is 0 Å². The molecule has 0 bridgehead atoms. The molecule has 1 aliphatic rings. The van der Waals surface area contributed by atoms with E-state index in [0.717, 1.165) is 11.7 Å². The van der Waals surface area contributed by atoms with Gasteiger partial charge < -0.3 is 15.8 Å². The van der Waals surface area contributed by atoms with Gasteiger partial charge in [0.1, 0.15) is 5.82 Å². The summed E-state index contributed by atoms with van der Waals surface area (Å²) in [5.41, 5.74) is 6.43. The van der Waals surface area contributed by atoms with E-state index in [1.807, 2.05) is 19.1 Å². The van der Waals surface area contributed by atoms with Crippen LogP contribution >= 0.6 is 0 Å². The number of hydrogen-bond donors (Lipinski definition) is 2. The average molecular weight is 263 g/mol. The first-order valence-corrected chi connectivity index (χ1v) is 7.38. The molecule has 1 aromatic heterocycles. The largest absolute Gasteiger partial charge is 0.476 e. The molecule has 106 valence electrons. The van der Waals surface area contributed by atoms with Crippen molar-refractivity contribution in [3.63, 3.8) is 0 Å². The first kappa shape index (κ1) is 14.0. The molecule has 4 heteroatoms. The fourth-order valence-corrected chi connectivity index (χ4v) is 2.71. The van der Waals surface area contributed by atoms with Crippen LogP contribution in [-0.2, 0) is 0 Å². The Kier molecular flexibility index (Phi) is 4.88. The third-order valence-corrected chi connectivity index (χ3v) is 3.95. The van der Waals surface area contributed by atoms with E-state index in [0.29, 0.717) is 24.2 Å². The fourth-order valence-electron chi connectivity index (χ4n) is 2.71. The number of hydrogen-bond acceptors (Lipinski definition) is 4. The van der Waals surface area contributed by atoms with Gasteiger partial charge in [-0.25, -0.2) is 0 Å². The summed E-state index contributed by atoms with van der Waals surface area (Å²) in [6.07, 6.45) is 6.41. The fraction of sp³-hybridized carbons (Fsp3) is 0.667. The topological polar surface area (TPSA) is 60.2 Å². The maximum absolute atomic E-state index is 5.83. The molecule has 1 saturated carbocycles. The van der Waals surface area contributed by atoms with Crippen LogP contribution in [0.5, 0.6) is 5.88 Å². The molecule has 1 heterocycles. The second kappa shape index (κ2) is 6.64. The monoisotopic (exact) mass is 263 g/mol. The van der Waals surface area contributed by atoms with E-state index in [4.69, 9.17) is 10.5 Å². The van der Waals surface area contributed by atoms with E-state index in [2.05, 4.69) is 17.2 Å². The molecule has 4 nitrogen and oxygen atoms in total. The average Bonchev–Trinajstić information content (AvgIpc) is 2.44. The summed E-state index contributed by atoms with van der Waals surface area (Å²) in [5.74, 6) is 2.32. The van der Waals surface area contributed by atoms with Gasteiger partial charge in [0, 0.05) is 6.04 Å². The van der Waals surface area contributed by atoms with Gasteiger partial charge in [-0.15, -0.1) is 0 Å². The molecule has 19 heavy (non-hydrogen) atoms. The van der Waals surface area contributed by atoms with E-state index in [9.17, 15) is 0 Å². The van der Waals surface area contributed by atoms with Crippen LogP contribution in [0.1, 0.15) is 46.0 Å². The van der Waals surface area contributed by atoms with Crippen LogP contribution in [-0.4, -0.2) is 17.6 Å². The molecule has 0 aromatic carbocycles. The van der Waals surface area contributed by atoms with E-state index >= 15 is 0 Å². The second-order valence-electron chi connectivity index (χ2n) is 5.29. The van der Waals surface area contributed by atoms with Crippen molar-refractivity contribution in [2.45, 2.75) is 52.0 Å². The Morgan fingerprint density at radius 2 is 2.00 bits per heavy atom. The van der Waals surface area contributed by atoms with Gasteiger partial charge in [0.15, 0.2) is 0 Å². The van der Waals surface area contributed by atoms with Crippen molar-refractivity contribution < 1.29 is 4.74 Å². The molecular formula is C15H25N3O. The summed E-state index contributed by atoms with van der Waals surface area (Å²) in [6.45, 7) is 4.81. The van der Waals surface area contributed by atoms with E-state index < -0.39 is 0 Å². The highest BCUT2D eigenvalue weighted by Gasteiger charge is 2.20. The van der Waals surface area contributed by atoms with Gasteiger partial charge in [0.05, 0.1) is 12.3 Å². The van der Waals surface area contributed by atoms with Gasteiger partial charge in [-0.05, 0) is 50.7 Å². The van der Waals surface area contributed by atoms with Gasteiger partial charge in [0.2, 0.25) is 5.88 Å². The van der Waals surface area contributed by atoms with E-state index in [1.54, 1.807) is 0 Å². The SMILES string of the molecule is CCOc1nc(NC2CCC(CC)CC2)ccc1N. The number of nitrogens with one attached hydrogen (secondary N) is 1. The molecule has 1 aromatic rings. The first-order valence-electron chi connectivity index (χ1n) is 7.38. The van der Waals surface area contributed by atoms with Gasteiger partial charge in [-0.2, -0.15) is 4.98 Å². The number of ether oxygens (including phenoxy) is 1. The minimum atomic E-state index is 0.536. The van der Waals surface area contributed by atoms with Crippen LogP contribution in [0, 0.1) is 5.92 Å². The number of nitrogen functional groups attached to an aromatic ring is 1. The number of nitrogens with two attached hydrogens (primary N) is 1. The van der Waals surface area contributed by atoms with E-state index in [1.165, 1.54) is 32.1 Å². The van der Waals surface area contributed by atoms with Gasteiger partial charge in [-0.1, -0.05) is 13.3 Å². The van der Waals surface area contributed by atoms with Gasteiger partial charge >= 0.3 is 0 Å². The number of nitrogens with zero attached hydrogens (tertiary/aromatic N) is 1. The van der Waals surface area contributed by atoms with Crippen LogP contribution < -0.4 is 15.8 Å². The standard InChI is InChI=1S/C15H25N3O/c1-3-11-5-7-12(8-6-11)17-14-10-9-13(16)15(18-14)19-4-2/h9-12H,3-8,16H2,1-2H3,(H,17,18). The first-order chi connectivity index (χ1) is 9.22. The Hall–Kier alpha value is -1.45. The second-order valence-corrected chi connectivity index (χ2v) is 5.29. The van der Waals surface area contributed by atoms with Crippen LogP contribution in [0.3, 0.4) is 0 Å². The highest BCUT2D eigenvalue weighted by Crippen LogP contribution is 2.29. The molecule has 0 amide bonds. The van der Waals surface area contributed by atoms with Crippen molar-refractivity contribution in [1.29, 1.82) is 0 Å². The third-order valence-electron chi connectivity index (χ3n) is 3.95. The Bertz CT molecular complexity index is 400. The Balaban J connectivity index is 1.94. The minimum absolute atomic E-state index is 0.536. The van der Waals surface area contributed by atoms with Crippen LogP contribution in [0.15, 0.2) is 12.1 Å². The summed E-state index contributed by atoms with van der Waals surface area (Å²) < 4.78 is 5.42. The molecule has 0 atom stereocenters. The summed E-state index contributed by atoms with van der Waals surface area (Å²) >= 11 is 0. The molecule has 0 unspecified atom stereocenters. The van der Waals surface area contributed by atoms with Crippen molar-refractivity contribution in [3.8, 4) is 5.88 Å². The lowest BCUT2D eigenvalue weighted by molar-refractivity contribution is 0.325. The van der Waals surface area contributed by atoms with Crippen molar-refractivity contribution in [3.05, 3.63) is 12.1 Å². The zero-order valence-corrected chi connectivity index (χ0v) is 12.0. The smallest absolute Gasteiger partial charge is 0.239 e. The van der Waals surface area contributed by atoms with Crippen LogP contribution in [0.4, 0.5) is 11.5 Å². The number of anilines is 2. The minimum Gasteiger partial charge on any atom is -0.476 e. The molecule has 2 rings (SSSR count). The Labute approximate surface area is 115 Å². The highest BCUT2D eigenvalue weighted by atomic mass is 16.5. The quantitative estimate of drug-likeness (QED) is 0.854. The predicted octanol–water partition coefficient (Wildman–Crippen LogP) is 3.44. The van der Waals surface area contributed by atoms with Gasteiger partial charge in [-0.3, -0.25) is 0 Å². The zero-order chi connectivity index (χ0) is 13.7. The number of aromatic nitrogens is 1. The number of pyridine rings is 1. The van der Waals surface area contributed by atoms with Crippen molar-refractivity contribution in [1.82, 2.24) is 4.98 Å². The Morgan fingerprint density at radius 1 is 1.26 bits per heavy atom. The lowest BCUT2D eigenvalue weighted by Gasteiger charge is -2.28. The predicted molar refractivity (Wildman–Crippen MR) is 79.5 cm³/mol. The lowest BCUT2D eigenvalue weighted by atomic mass is 9.84. The summed E-state index contributed by atoms with van der Waals surface area (Å²) in [7, 11) is 0. The molecule has 3 N–H and O–H groups in total. The summed E-state index contributed by atoms with van der Waals surface area (Å²) in [4.78, 5) is 4.44. The van der Waals surface area contributed by atoms with Crippen molar-refractivity contribution in [2.75, 3.05) is 17.7 Å². The molecule has 1 aliphatic carbocycles. The summed E-state index contributed by atoms with van der Waals surface area (Å²) in [6, 6.07) is 4.33. The number of rotatable bonds is 5. The Morgan fingerprint density at radius 3 is 2.63 bits per heavy atom. The maximum Gasteiger partial charge on any atom is 0.239 e. The summed E-state index contributed by atoms with van der Waals surface area (Å²) in [5, 5.41) is 3.50. The van der Waals surface area contributed by atoms with Crippen molar-refractivity contribution in [2.24, 2.45) is 5.92 Å². The normalized spacial score (nSPS) is 23.1. The molecular weight excluding hydrogens is 238 g/mol. The van der Waals surface area contributed by atoms with E-state index in [-0.39, 0.29) is 0 Å². The lowest BCUT2D eigenvalue weighted by Crippen LogP contribution is -2.26. The molecule has 0 saturated heterocycles. The van der Waals surface area contributed by atoms with Crippen LogP contribution in [0.25, 0.3) is 0 Å². The van der Waals surface area contributed by atoms with Crippen molar-refractivity contribution >= 4 is 11.5 Å². The molecule has 0 radical (unpaired) electrons. The van der Waals surface area contributed by atoms with Crippen LogP contribution in [0.2, 0.25) is 0 Å². The molecule has 1 fully saturated rings. The highest BCUT2D eigenvalue weighted by molar-refractivity contribution is 5.53.